The van der Waals surface area contributed by atoms with Crippen LogP contribution in [0.1, 0.15) is 30.9 Å². The van der Waals surface area contributed by atoms with E-state index in [0.29, 0.717) is 28.5 Å². The molecule has 28 heavy (non-hydrogen) atoms. The van der Waals surface area contributed by atoms with E-state index in [4.69, 9.17) is 17.0 Å². The van der Waals surface area contributed by atoms with Gasteiger partial charge in [-0.2, -0.15) is 0 Å². The molecular formula is C21H27ClFN5. The fraction of sp³-hybridized carbons (Fsp3) is 0.381. The van der Waals surface area contributed by atoms with Gasteiger partial charge in [0.05, 0.1) is 6.54 Å². The lowest BCUT2D eigenvalue weighted by atomic mass is 10.1. The Morgan fingerprint density at radius 2 is 2.11 bits per heavy atom. The summed E-state index contributed by atoms with van der Waals surface area (Å²) in [5.41, 5.74) is 0.941. The van der Waals surface area contributed by atoms with Gasteiger partial charge in [0.15, 0.2) is 0 Å². The maximum atomic E-state index is 14.9. The fourth-order valence-electron chi connectivity index (χ4n) is 3.21. The number of hydrogen-bond donors (Lipinski definition) is 3. The van der Waals surface area contributed by atoms with E-state index in [1.165, 1.54) is 6.07 Å². The second-order valence-electron chi connectivity index (χ2n) is 6.86. The molecule has 1 saturated heterocycles. The first-order valence-corrected chi connectivity index (χ1v) is 10.1. The lowest BCUT2D eigenvalue weighted by molar-refractivity contribution is 0.356. The van der Waals surface area contributed by atoms with Crippen LogP contribution in [0.2, 0.25) is 5.02 Å². The molecule has 5 nitrogen and oxygen atoms in total. The van der Waals surface area contributed by atoms with Gasteiger partial charge in [-0.3, -0.25) is 5.41 Å². The molecule has 2 aliphatic heterocycles. The Morgan fingerprint density at radius 3 is 2.82 bits per heavy atom. The molecule has 7 heteroatoms. The van der Waals surface area contributed by atoms with Gasteiger partial charge in [0, 0.05) is 54.7 Å². The number of nitrogens with zero attached hydrogens (tertiary/aromatic N) is 2. The zero-order chi connectivity index (χ0) is 19.9. The maximum Gasteiger partial charge on any atom is 0.130 e. The summed E-state index contributed by atoms with van der Waals surface area (Å²) in [6.45, 7) is 5.59. The number of unbranched alkanes of at least 4 members (excludes halogenated alkanes) is 1. The Kier molecular flexibility index (Phi) is 7.12. The number of hydrogen-bond acceptors (Lipinski definition) is 4. The third-order valence-corrected chi connectivity index (χ3v) is 5.15. The molecule has 2 aliphatic rings. The zero-order valence-electron chi connectivity index (χ0n) is 16.1. The number of allylic oxidation sites excluding steroid dienone is 3. The first-order chi connectivity index (χ1) is 13.6. The van der Waals surface area contributed by atoms with Gasteiger partial charge in [-0.25, -0.2) is 4.39 Å². The molecule has 0 aliphatic carbocycles. The molecular weight excluding hydrogens is 377 g/mol. The summed E-state index contributed by atoms with van der Waals surface area (Å²) >= 11 is 6.42. The molecule has 1 fully saturated rings. The van der Waals surface area contributed by atoms with Crippen LogP contribution < -0.4 is 10.6 Å². The van der Waals surface area contributed by atoms with E-state index in [0.717, 1.165) is 44.8 Å². The Labute approximate surface area is 171 Å². The highest BCUT2D eigenvalue weighted by molar-refractivity contribution is 6.31. The van der Waals surface area contributed by atoms with Crippen molar-refractivity contribution in [3.63, 3.8) is 0 Å². The molecule has 0 aromatic heterocycles. The van der Waals surface area contributed by atoms with E-state index in [1.54, 1.807) is 6.07 Å². The molecule has 0 spiro atoms. The Morgan fingerprint density at radius 1 is 1.32 bits per heavy atom. The number of nitrogens with one attached hydrogen (secondary N) is 3. The molecule has 3 N–H and O–H groups in total. The van der Waals surface area contributed by atoms with E-state index in [2.05, 4.69) is 23.6 Å². The van der Waals surface area contributed by atoms with Gasteiger partial charge in [-0.05, 0) is 24.6 Å². The molecule has 1 aromatic carbocycles. The average molecular weight is 404 g/mol. The summed E-state index contributed by atoms with van der Waals surface area (Å²) in [5.74, 6) is 0.808. The van der Waals surface area contributed by atoms with Crippen molar-refractivity contribution in [2.24, 2.45) is 0 Å². The molecule has 150 valence electrons. The number of piperazine rings is 1. The summed E-state index contributed by atoms with van der Waals surface area (Å²) in [6.07, 6.45) is 11.9. The van der Waals surface area contributed by atoms with Gasteiger partial charge < -0.3 is 20.4 Å². The van der Waals surface area contributed by atoms with Crippen molar-refractivity contribution in [1.82, 2.24) is 20.4 Å². The van der Waals surface area contributed by atoms with E-state index < -0.39 is 0 Å². The van der Waals surface area contributed by atoms with Crippen molar-refractivity contribution in [3.05, 3.63) is 70.5 Å². The third kappa shape index (κ3) is 4.94. The first-order valence-electron chi connectivity index (χ1n) is 9.69. The van der Waals surface area contributed by atoms with Crippen molar-refractivity contribution in [2.75, 3.05) is 26.2 Å². The topological polar surface area (TPSA) is 54.4 Å². The van der Waals surface area contributed by atoms with Crippen molar-refractivity contribution < 1.29 is 4.39 Å². The van der Waals surface area contributed by atoms with Gasteiger partial charge in [0.1, 0.15) is 17.5 Å². The molecule has 0 atom stereocenters. The monoisotopic (exact) mass is 403 g/mol. The van der Waals surface area contributed by atoms with Gasteiger partial charge >= 0.3 is 0 Å². The minimum Gasteiger partial charge on any atom is -0.354 e. The smallest absolute Gasteiger partial charge is 0.130 e. The molecule has 0 saturated carbocycles. The summed E-state index contributed by atoms with van der Waals surface area (Å²) in [4.78, 5) is 3.86. The highest BCUT2D eigenvalue weighted by Crippen LogP contribution is 2.26. The van der Waals surface area contributed by atoms with Gasteiger partial charge in [0.2, 0.25) is 0 Å². The number of amidine groups is 1. The van der Waals surface area contributed by atoms with Crippen LogP contribution in [0.5, 0.6) is 0 Å². The molecule has 2 heterocycles. The average Bonchev–Trinajstić information content (AvgIpc) is 3.15. The number of halogens is 2. The van der Waals surface area contributed by atoms with Crippen molar-refractivity contribution in [2.45, 2.75) is 26.3 Å². The molecule has 0 bridgehead atoms. The van der Waals surface area contributed by atoms with Crippen LogP contribution in [0.3, 0.4) is 0 Å². The molecule has 0 amide bonds. The summed E-state index contributed by atoms with van der Waals surface area (Å²) in [5, 5.41) is 15.1. The third-order valence-electron chi connectivity index (χ3n) is 4.82. The highest BCUT2D eigenvalue weighted by atomic mass is 35.5. The van der Waals surface area contributed by atoms with Crippen LogP contribution in [-0.4, -0.2) is 41.8 Å². The van der Waals surface area contributed by atoms with Crippen LogP contribution in [-0.2, 0) is 6.54 Å². The normalized spacial score (nSPS) is 18.3. The van der Waals surface area contributed by atoms with Gasteiger partial charge in [0.25, 0.3) is 0 Å². The van der Waals surface area contributed by atoms with E-state index in [-0.39, 0.29) is 5.82 Å². The quantitative estimate of drug-likeness (QED) is 0.499. The molecule has 0 unspecified atom stereocenters. The summed E-state index contributed by atoms with van der Waals surface area (Å²) in [6, 6.07) is 3.12. The SMILES string of the molecule is CCC/C=C\C=C1/NC=CN1Cc1c(F)cc(C(=N)N2CCNCC2)cc1Cl. The van der Waals surface area contributed by atoms with E-state index >= 15 is 0 Å². The predicted octanol–water partition coefficient (Wildman–Crippen LogP) is 3.78. The fourth-order valence-corrected chi connectivity index (χ4v) is 3.48. The van der Waals surface area contributed by atoms with E-state index in [1.807, 2.05) is 34.4 Å². The Hall–Kier alpha value is -2.31. The second-order valence-corrected chi connectivity index (χ2v) is 7.27. The van der Waals surface area contributed by atoms with Crippen molar-refractivity contribution in [3.8, 4) is 0 Å². The Balaban J connectivity index is 1.74. The minimum absolute atomic E-state index is 0.318. The van der Waals surface area contributed by atoms with Crippen LogP contribution in [0.25, 0.3) is 0 Å². The summed E-state index contributed by atoms with van der Waals surface area (Å²) in [7, 11) is 0. The lowest BCUT2D eigenvalue weighted by Gasteiger charge is -2.30. The van der Waals surface area contributed by atoms with Gasteiger partial charge in [-0.1, -0.05) is 37.1 Å². The van der Waals surface area contributed by atoms with Gasteiger partial charge in [-0.15, -0.1) is 0 Å². The van der Waals surface area contributed by atoms with Crippen molar-refractivity contribution >= 4 is 17.4 Å². The molecule has 0 radical (unpaired) electrons. The standard InChI is InChI=1S/C21H27ClFN5/c1-2-3-4-5-6-20-26-9-12-28(20)15-17-18(22)13-16(14-19(17)23)21(24)27-10-7-25-8-11-27/h4-6,9,12-14,24-26H,2-3,7-8,10-11,15H2,1H3/b5-4-,20-6+,24-21?. The highest BCUT2D eigenvalue weighted by Gasteiger charge is 2.20. The van der Waals surface area contributed by atoms with Crippen LogP contribution in [0.4, 0.5) is 4.39 Å². The minimum atomic E-state index is -0.386. The van der Waals surface area contributed by atoms with Crippen molar-refractivity contribution in [1.29, 1.82) is 5.41 Å². The zero-order valence-corrected chi connectivity index (χ0v) is 16.9. The number of rotatable bonds is 6. The largest absolute Gasteiger partial charge is 0.354 e. The lowest BCUT2D eigenvalue weighted by Crippen LogP contribution is -2.46. The first kappa shape index (κ1) is 20.4. The summed E-state index contributed by atoms with van der Waals surface area (Å²) < 4.78 is 14.9. The maximum absolute atomic E-state index is 14.9. The molecule has 3 rings (SSSR count). The second kappa shape index (κ2) is 9.75. The van der Waals surface area contributed by atoms with Crippen LogP contribution >= 0.6 is 11.6 Å². The Bertz CT molecular complexity index is 773. The predicted molar refractivity (Wildman–Crippen MR) is 113 cm³/mol. The number of benzene rings is 1. The van der Waals surface area contributed by atoms with E-state index in [9.17, 15) is 4.39 Å². The van der Waals surface area contributed by atoms with Crippen LogP contribution in [0, 0.1) is 11.2 Å². The molecule has 1 aromatic rings. The van der Waals surface area contributed by atoms with Crippen LogP contribution in [0.15, 0.2) is 48.6 Å².